The first-order valence-electron chi connectivity index (χ1n) is 19.0. The van der Waals surface area contributed by atoms with Crippen molar-refractivity contribution in [1.29, 1.82) is 0 Å². The quantitative estimate of drug-likeness (QED) is 0.172. The van der Waals surface area contributed by atoms with Crippen LogP contribution in [0, 0.1) is 0 Å². The second-order valence-corrected chi connectivity index (χ2v) is 14.2. The molecule has 11 aromatic rings. The minimum absolute atomic E-state index is 0.698. The van der Waals surface area contributed by atoms with Crippen LogP contribution in [0.15, 0.2) is 206 Å². The van der Waals surface area contributed by atoms with Gasteiger partial charge in [0.25, 0.3) is 0 Å². The van der Waals surface area contributed by atoms with E-state index < -0.39 is 0 Å². The summed E-state index contributed by atoms with van der Waals surface area (Å²) in [6, 6.07) is 73.2. The highest BCUT2D eigenvalue weighted by Gasteiger charge is 2.19. The molecule has 0 aliphatic heterocycles. The number of para-hydroxylation sites is 3. The van der Waals surface area contributed by atoms with E-state index in [1.807, 2.05) is 12.1 Å². The van der Waals surface area contributed by atoms with Crippen LogP contribution in [0.4, 0.5) is 0 Å². The molecule has 0 spiro atoms. The summed E-state index contributed by atoms with van der Waals surface area (Å²) in [4.78, 5) is 10.2. The van der Waals surface area contributed by atoms with Crippen LogP contribution >= 0.6 is 0 Å². The van der Waals surface area contributed by atoms with Crippen molar-refractivity contribution in [2.24, 2.45) is 0 Å². The van der Waals surface area contributed by atoms with Gasteiger partial charge in [-0.3, -0.25) is 0 Å². The molecule has 0 fully saturated rings. The van der Waals surface area contributed by atoms with E-state index in [-0.39, 0.29) is 0 Å². The predicted molar refractivity (Wildman–Crippen MR) is 232 cm³/mol. The Hall–Kier alpha value is -7.56. The molecule has 3 heterocycles. The Kier molecular flexibility index (Phi) is 7.46. The fourth-order valence-electron chi connectivity index (χ4n) is 8.38. The number of fused-ring (bicyclic) bond motifs is 6. The zero-order chi connectivity index (χ0) is 37.0. The first kappa shape index (κ1) is 31.9. The van der Waals surface area contributed by atoms with Gasteiger partial charge in [-0.15, -0.1) is 0 Å². The molecule has 0 saturated carbocycles. The molecule has 4 heteroatoms. The van der Waals surface area contributed by atoms with Crippen molar-refractivity contribution in [1.82, 2.24) is 19.1 Å². The molecular formula is C52H34N4. The van der Waals surface area contributed by atoms with Crippen LogP contribution in [-0.4, -0.2) is 19.1 Å². The molecule has 4 nitrogen and oxygen atoms in total. The fraction of sp³-hybridized carbons (Fsp3) is 0. The number of hydrogen-bond donors (Lipinski definition) is 0. The Morgan fingerprint density at radius 1 is 0.304 bits per heavy atom. The van der Waals surface area contributed by atoms with Gasteiger partial charge in [0, 0.05) is 49.6 Å². The number of nitrogens with zero attached hydrogens (tertiary/aromatic N) is 4. The SMILES string of the molecule is c1ccc(-c2cc(-c3ccccc3)nc(-c3ccc(-n4c5ccccc5c5ccc(-c6cccc7c6c6ccccc6n7-c6ccccc6)cc54)cc3)n2)cc1. The Morgan fingerprint density at radius 3 is 1.48 bits per heavy atom. The van der Waals surface area contributed by atoms with Crippen molar-refractivity contribution < 1.29 is 0 Å². The molecule has 0 unspecified atom stereocenters. The van der Waals surface area contributed by atoms with Crippen LogP contribution in [0.3, 0.4) is 0 Å². The third-order valence-electron chi connectivity index (χ3n) is 10.9. The zero-order valence-corrected chi connectivity index (χ0v) is 30.4. The monoisotopic (exact) mass is 714 g/mol. The molecule has 3 aromatic heterocycles. The van der Waals surface area contributed by atoms with Gasteiger partial charge in [0.15, 0.2) is 5.82 Å². The summed E-state index contributed by atoms with van der Waals surface area (Å²) >= 11 is 0. The van der Waals surface area contributed by atoms with Crippen molar-refractivity contribution in [2.75, 3.05) is 0 Å². The van der Waals surface area contributed by atoms with E-state index in [2.05, 4.69) is 203 Å². The van der Waals surface area contributed by atoms with Crippen LogP contribution in [0.1, 0.15) is 0 Å². The Labute approximate surface area is 324 Å². The van der Waals surface area contributed by atoms with Crippen LogP contribution in [-0.2, 0) is 0 Å². The van der Waals surface area contributed by atoms with E-state index in [4.69, 9.17) is 9.97 Å². The lowest BCUT2D eigenvalue weighted by molar-refractivity contribution is 1.16. The third kappa shape index (κ3) is 5.23. The molecule has 0 atom stereocenters. The summed E-state index contributed by atoms with van der Waals surface area (Å²) < 4.78 is 4.77. The van der Waals surface area contributed by atoms with Crippen molar-refractivity contribution in [3.8, 4) is 56.4 Å². The number of aromatic nitrogens is 4. The minimum Gasteiger partial charge on any atom is -0.309 e. The van der Waals surface area contributed by atoms with E-state index in [1.54, 1.807) is 0 Å². The fourth-order valence-corrected chi connectivity index (χ4v) is 8.38. The van der Waals surface area contributed by atoms with Crippen molar-refractivity contribution in [3.63, 3.8) is 0 Å². The molecular weight excluding hydrogens is 681 g/mol. The van der Waals surface area contributed by atoms with Gasteiger partial charge in [0.2, 0.25) is 0 Å². The second kappa shape index (κ2) is 13.1. The first-order valence-corrected chi connectivity index (χ1v) is 19.0. The topological polar surface area (TPSA) is 35.6 Å². The van der Waals surface area contributed by atoms with Crippen molar-refractivity contribution in [2.45, 2.75) is 0 Å². The smallest absolute Gasteiger partial charge is 0.160 e. The standard InChI is InChI=1S/C52H34N4/c1-4-15-35(16-5-1)45-34-46(36-17-6-2-7-18-36)54-52(53-45)37-27-30-40(31-28-37)56-47-24-12-10-21-42(47)43-32-29-38(33-50(43)56)41-23-14-26-49-51(41)44-22-11-13-25-48(44)55(49)39-19-8-3-9-20-39/h1-34H. The summed E-state index contributed by atoms with van der Waals surface area (Å²) in [7, 11) is 0. The van der Waals surface area contributed by atoms with Gasteiger partial charge in [-0.25, -0.2) is 9.97 Å². The molecule has 0 amide bonds. The van der Waals surface area contributed by atoms with E-state index in [0.717, 1.165) is 45.0 Å². The summed E-state index contributed by atoms with van der Waals surface area (Å²) in [5, 5.41) is 4.94. The largest absolute Gasteiger partial charge is 0.309 e. The molecule has 0 aliphatic rings. The Bertz CT molecular complexity index is 3160. The van der Waals surface area contributed by atoms with Gasteiger partial charge in [0.1, 0.15) is 0 Å². The molecule has 56 heavy (non-hydrogen) atoms. The summed E-state index contributed by atoms with van der Waals surface area (Å²) in [5.41, 5.74) is 14.2. The molecule has 8 aromatic carbocycles. The first-order chi connectivity index (χ1) is 27.8. The lowest BCUT2D eigenvalue weighted by atomic mass is 9.98. The molecule has 11 rings (SSSR count). The highest BCUT2D eigenvalue weighted by Crippen LogP contribution is 2.41. The van der Waals surface area contributed by atoms with E-state index >= 15 is 0 Å². The average molecular weight is 715 g/mol. The lowest BCUT2D eigenvalue weighted by Gasteiger charge is -2.12. The molecule has 0 saturated heterocycles. The predicted octanol–water partition coefficient (Wildman–Crippen LogP) is 13.3. The number of rotatable bonds is 6. The van der Waals surface area contributed by atoms with E-state index in [9.17, 15) is 0 Å². The number of hydrogen-bond acceptors (Lipinski definition) is 2. The van der Waals surface area contributed by atoms with Crippen LogP contribution in [0.25, 0.3) is 100 Å². The van der Waals surface area contributed by atoms with Gasteiger partial charge in [0.05, 0.1) is 33.5 Å². The van der Waals surface area contributed by atoms with Crippen molar-refractivity contribution in [3.05, 3.63) is 206 Å². The van der Waals surface area contributed by atoms with Gasteiger partial charge < -0.3 is 9.13 Å². The summed E-state index contributed by atoms with van der Waals surface area (Å²) in [6.45, 7) is 0. The normalized spacial score (nSPS) is 11.6. The zero-order valence-electron chi connectivity index (χ0n) is 30.4. The maximum Gasteiger partial charge on any atom is 0.160 e. The summed E-state index contributed by atoms with van der Waals surface area (Å²) in [6.07, 6.45) is 0. The number of benzene rings is 8. The van der Waals surface area contributed by atoms with Crippen LogP contribution in [0.2, 0.25) is 0 Å². The maximum absolute atomic E-state index is 5.08. The average Bonchev–Trinajstić information content (AvgIpc) is 3.80. The lowest BCUT2D eigenvalue weighted by Crippen LogP contribution is -1.97. The van der Waals surface area contributed by atoms with Gasteiger partial charge >= 0.3 is 0 Å². The Morgan fingerprint density at radius 2 is 0.804 bits per heavy atom. The van der Waals surface area contributed by atoms with Gasteiger partial charge in [-0.2, -0.15) is 0 Å². The molecule has 0 N–H and O–H groups in total. The van der Waals surface area contributed by atoms with E-state index in [0.29, 0.717) is 5.82 Å². The molecule has 0 bridgehead atoms. The molecule has 0 aliphatic carbocycles. The highest BCUT2D eigenvalue weighted by molar-refractivity contribution is 6.17. The highest BCUT2D eigenvalue weighted by atomic mass is 15.0. The van der Waals surface area contributed by atoms with Crippen LogP contribution < -0.4 is 0 Å². The van der Waals surface area contributed by atoms with E-state index in [1.165, 1.54) is 49.2 Å². The molecule has 262 valence electrons. The second-order valence-electron chi connectivity index (χ2n) is 14.2. The van der Waals surface area contributed by atoms with Gasteiger partial charge in [-0.1, -0.05) is 140 Å². The van der Waals surface area contributed by atoms with Crippen LogP contribution in [0.5, 0.6) is 0 Å². The minimum atomic E-state index is 0.698. The third-order valence-corrected chi connectivity index (χ3v) is 10.9. The summed E-state index contributed by atoms with van der Waals surface area (Å²) in [5.74, 6) is 0.698. The Balaban J connectivity index is 1.07. The van der Waals surface area contributed by atoms with Crippen molar-refractivity contribution >= 4 is 43.6 Å². The maximum atomic E-state index is 5.08. The molecule has 0 radical (unpaired) electrons. The van der Waals surface area contributed by atoms with Gasteiger partial charge in [-0.05, 0) is 77.9 Å².